The van der Waals surface area contributed by atoms with Crippen molar-refractivity contribution >= 4 is 44.2 Å². The van der Waals surface area contributed by atoms with Gasteiger partial charge in [0.2, 0.25) is 0 Å². The van der Waals surface area contributed by atoms with Crippen LogP contribution < -0.4 is 9.64 Å². The molecule has 0 atom stereocenters. The average molecular weight is 406 g/mol. The molecule has 1 aromatic heterocycles. The SMILES string of the molecule is O=C(COc1ccccc1F)N1CCN(c2nc3c(Cl)cccc3s2)CC1. The van der Waals surface area contributed by atoms with E-state index in [4.69, 9.17) is 16.3 Å². The molecule has 0 bridgehead atoms. The van der Waals surface area contributed by atoms with Crippen molar-refractivity contribution in [2.75, 3.05) is 37.7 Å². The van der Waals surface area contributed by atoms with Crippen LogP contribution in [0.2, 0.25) is 5.02 Å². The number of fused-ring (bicyclic) bond motifs is 1. The molecule has 2 heterocycles. The fourth-order valence-electron chi connectivity index (χ4n) is 2.98. The summed E-state index contributed by atoms with van der Waals surface area (Å²) in [5, 5.41) is 1.56. The number of halogens is 2. The van der Waals surface area contributed by atoms with Crippen molar-refractivity contribution in [3.8, 4) is 5.75 Å². The molecular formula is C19H17ClFN3O2S. The lowest BCUT2D eigenvalue weighted by Crippen LogP contribution is -2.50. The summed E-state index contributed by atoms with van der Waals surface area (Å²) < 4.78 is 19.9. The molecule has 0 unspecified atom stereocenters. The highest BCUT2D eigenvalue weighted by Gasteiger charge is 2.23. The van der Waals surface area contributed by atoms with Crippen LogP contribution >= 0.6 is 22.9 Å². The van der Waals surface area contributed by atoms with Gasteiger partial charge >= 0.3 is 0 Å². The third kappa shape index (κ3) is 3.84. The number of para-hydroxylation sites is 2. The highest BCUT2D eigenvalue weighted by atomic mass is 35.5. The van der Waals surface area contributed by atoms with Gasteiger partial charge in [0, 0.05) is 26.2 Å². The predicted octanol–water partition coefficient (Wildman–Crippen LogP) is 3.82. The van der Waals surface area contributed by atoms with E-state index in [1.165, 1.54) is 12.1 Å². The minimum atomic E-state index is -0.468. The van der Waals surface area contributed by atoms with Crippen molar-refractivity contribution in [2.45, 2.75) is 0 Å². The van der Waals surface area contributed by atoms with E-state index in [1.807, 2.05) is 18.2 Å². The molecule has 1 aliphatic rings. The van der Waals surface area contributed by atoms with Crippen LogP contribution in [0.15, 0.2) is 42.5 Å². The number of thiazole rings is 1. The van der Waals surface area contributed by atoms with Crippen LogP contribution in [0.25, 0.3) is 10.2 Å². The van der Waals surface area contributed by atoms with Gasteiger partial charge in [-0.05, 0) is 24.3 Å². The fraction of sp³-hybridized carbons (Fsp3) is 0.263. The molecule has 5 nitrogen and oxygen atoms in total. The molecule has 27 heavy (non-hydrogen) atoms. The Balaban J connectivity index is 1.34. The number of hydrogen-bond acceptors (Lipinski definition) is 5. The van der Waals surface area contributed by atoms with Crippen LogP contribution in [0.5, 0.6) is 5.75 Å². The summed E-state index contributed by atoms with van der Waals surface area (Å²) in [5.74, 6) is -0.522. The maximum absolute atomic E-state index is 13.6. The number of carbonyl (C=O) groups excluding carboxylic acids is 1. The minimum Gasteiger partial charge on any atom is -0.481 e. The number of rotatable bonds is 4. The summed E-state index contributed by atoms with van der Waals surface area (Å²) in [6, 6.07) is 11.8. The molecule has 140 valence electrons. The summed E-state index contributed by atoms with van der Waals surface area (Å²) in [6.45, 7) is 2.34. The van der Waals surface area contributed by atoms with Crippen LogP contribution in [0.1, 0.15) is 0 Å². The number of anilines is 1. The van der Waals surface area contributed by atoms with Crippen molar-refractivity contribution in [1.29, 1.82) is 0 Å². The quantitative estimate of drug-likeness (QED) is 0.662. The van der Waals surface area contributed by atoms with Gasteiger partial charge in [0.25, 0.3) is 5.91 Å². The molecule has 3 aromatic rings. The molecule has 2 aromatic carbocycles. The van der Waals surface area contributed by atoms with E-state index >= 15 is 0 Å². The molecule has 0 radical (unpaired) electrons. The van der Waals surface area contributed by atoms with Gasteiger partial charge in [-0.3, -0.25) is 4.79 Å². The van der Waals surface area contributed by atoms with Gasteiger partial charge in [0.05, 0.1) is 9.72 Å². The largest absolute Gasteiger partial charge is 0.481 e. The van der Waals surface area contributed by atoms with Crippen molar-refractivity contribution in [3.63, 3.8) is 0 Å². The van der Waals surface area contributed by atoms with Gasteiger partial charge in [-0.25, -0.2) is 9.37 Å². The van der Waals surface area contributed by atoms with Crippen LogP contribution in [0.4, 0.5) is 9.52 Å². The molecule has 0 aliphatic carbocycles. The first kappa shape index (κ1) is 18.0. The van der Waals surface area contributed by atoms with Crippen molar-refractivity contribution < 1.29 is 13.9 Å². The van der Waals surface area contributed by atoms with E-state index in [0.29, 0.717) is 31.2 Å². The Hall–Kier alpha value is -2.38. The van der Waals surface area contributed by atoms with Crippen molar-refractivity contribution in [3.05, 3.63) is 53.3 Å². The van der Waals surface area contributed by atoms with E-state index < -0.39 is 5.82 Å². The van der Waals surface area contributed by atoms with Gasteiger partial charge in [-0.1, -0.05) is 41.1 Å². The first-order valence-electron chi connectivity index (χ1n) is 8.57. The Morgan fingerprint density at radius 1 is 1.15 bits per heavy atom. The molecule has 4 rings (SSSR count). The summed E-state index contributed by atoms with van der Waals surface area (Å²) >= 11 is 7.80. The summed E-state index contributed by atoms with van der Waals surface area (Å²) in [5.41, 5.74) is 0.816. The lowest BCUT2D eigenvalue weighted by Gasteiger charge is -2.34. The molecule has 1 aliphatic heterocycles. The number of benzene rings is 2. The molecule has 0 saturated carbocycles. The van der Waals surface area contributed by atoms with Crippen molar-refractivity contribution in [1.82, 2.24) is 9.88 Å². The molecule has 1 amide bonds. The summed E-state index contributed by atoms with van der Waals surface area (Å²) in [6.07, 6.45) is 0. The zero-order chi connectivity index (χ0) is 18.8. The monoisotopic (exact) mass is 405 g/mol. The Morgan fingerprint density at radius 3 is 2.67 bits per heavy atom. The van der Waals surface area contributed by atoms with Crippen LogP contribution in [-0.2, 0) is 4.79 Å². The van der Waals surface area contributed by atoms with Crippen LogP contribution in [-0.4, -0.2) is 48.6 Å². The van der Waals surface area contributed by atoms with Gasteiger partial charge in [0.1, 0.15) is 5.52 Å². The van der Waals surface area contributed by atoms with Gasteiger partial charge in [-0.2, -0.15) is 0 Å². The second-order valence-corrected chi connectivity index (χ2v) is 7.59. The molecule has 0 N–H and O–H groups in total. The lowest BCUT2D eigenvalue weighted by molar-refractivity contribution is -0.133. The number of nitrogens with zero attached hydrogens (tertiary/aromatic N) is 3. The third-order valence-corrected chi connectivity index (χ3v) is 5.84. The average Bonchev–Trinajstić information content (AvgIpc) is 3.13. The van der Waals surface area contributed by atoms with E-state index in [1.54, 1.807) is 28.4 Å². The van der Waals surface area contributed by atoms with Gasteiger partial charge < -0.3 is 14.5 Å². The predicted molar refractivity (Wildman–Crippen MR) is 105 cm³/mol. The maximum atomic E-state index is 13.6. The smallest absolute Gasteiger partial charge is 0.260 e. The van der Waals surface area contributed by atoms with Gasteiger partial charge in [-0.15, -0.1) is 0 Å². The molecule has 8 heteroatoms. The first-order valence-corrected chi connectivity index (χ1v) is 9.76. The van der Waals surface area contributed by atoms with E-state index in [2.05, 4.69) is 9.88 Å². The Morgan fingerprint density at radius 2 is 1.93 bits per heavy atom. The Kier molecular flexibility index (Phi) is 5.13. The second kappa shape index (κ2) is 7.70. The Labute approximate surface area is 164 Å². The Bertz CT molecular complexity index is 972. The summed E-state index contributed by atoms with van der Waals surface area (Å²) in [7, 11) is 0. The number of amides is 1. The molecule has 1 fully saturated rings. The number of carbonyl (C=O) groups is 1. The zero-order valence-corrected chi connectivity index (χ0v) is 16.0. The number of ether oxygens (including phenoxy) is 1. The normalized spacial score (nSPS) is 14.6. The first-order chi connectivity index (χ1) is 13.1. The zero-order valence-electron chi connectivity index (χ0n) is 14.4. The third-order valence-electron chi connectivity index (χ3n) is 4.45. The molecular weight excluding hydrogens is 389 g/mol. The topological polar surface area (TPSA) is 45.7 Å². The fourth-order valence-corrected chi connectivity index (χ4v) is 4.30. The number of piperazine rings is 1. The lowest BCUT2D eigenvalue weighted by atomic mass is 10.3. The van der Waals surface area contributed by atoms with Gasteiger partial charge in [0.15, 0.2) is 23.3 Å². The minimum absolute atomic E-state index is 0.0934. The van der Waals surface area contributed by atoms with Crippen LogP contribution in [0.3, 0.4) is 0 Å². The highest BCUT2D eigenvalue weighted by molar-refractivity contribution is 7.22. The molecule has 0 spiro atoms. The van der Waals surface area contributed by atoms with E-state index in [9.17, 15) is 9.18 Å². The number of hydrogen-bond donors (Lipinski definition) is 0. The van der Waals surface area contributed by atoms with Crippen LogP contribution in [0, 0.1) is 5.82 Å². The van der Waals surface area contributed by atoms with E-state index in [0.717, 1.165) is 15.3 Å². The summed E-state index contributed by atoms with van der Waals surface area (Å²) in [4.78, 5) is 20.9. The van der Waals surface area contributed by atoms with Crippen molar-refractivity contribution in [2.24, 2.45) is 0 Å². The standard InChI is InChI=1S/C19H17ClFN3O2S/c20-13-4-3-7-16-18(13)22-19(27-16)24-10-8-23(9-11-24)17(25)12-26-15-6-2-1-5-14(15)21/h1-7H,8-12H2. The highest BCUT2D eigenvalue weighted by Crippen LogP contribution is 2.33. The van der Waals surface area contributed by atoms with E-state index in [-0.39, 0.29) is 18.3 Å². The molecule has 1 saturated heterocycles. The second-order valence-electron chi connectivity index (χ2n) is 6.17. The number of aromatic nitrogens is 1. The maximum Gasteiger partial charge on any atom is 0.260 e.